The lowest BCUT2D eigenvalue weighted by Gasteiger charge is -2.35. The van der Waals surface area contributed by atoms with Crippen LogP contribution in [0.2, 0.25) is 0 Å². The fourth-order valence-electron chi connectivity index (χ4n) is 4.76. The molecule has 1 saturated carbocycles. The van der Waals surface area contributed by atoms with E-state index in [1.54, 1.807) is 27.8 Å². The minimum atomic E-state index is -3.64. The Morgan fingerprint density at radius 1 is 1.22 bits per heavy atom. The second-order valence-electron chi connectivity index (χ2n) is 10.2. The minimum absolute atomic E-state index is 0.371. The molecule has 7 nitrogen and oxygen atoms in total. The van der Waals surface area contributed by atoms with E-state index in [0.717, 1.165) is 66.9 Å². The second-order valence-corrected chi connectivity index (χ2v) is 14.4. The van der Waals surface area contributed by atoms with Gasteiger partial charge in [-0.1, -0.05) is 18.2 Å². The van der Waals surface area contributed by atoms with Crippen LogP contribution in [0.5, 0.6) is 0 Å². The molecule has 2 N–H and O–H groups in total. The Morgan fingerprint density at radius 3 is 2.75 bits per heavy atom. The molecule has 1 aromatic carbocycles. The second kappa shape index (κ2) is 9.25. The van der Waals surface area contributed by atoms with Crippen LogP contribution in [-0.4, -0.2) is 53.6 Å². The lowest BCUT2D eigenvalue weighted by atomic mass is 9.94. The van der Waals surface area contributed by atoms with Crippen LogP contribution in [0.4, 0.5) is 5.69 Å². The Balaban J connectivity index is 1.29. The zero-order valence-electron chi connectivity index (χ0n) is 20.2. The quantitative estimate of drug-likeness (QED) is 0.315. The van der Waals surface area contributed by atoms with Crippen LogP contribution in [0.15, 0.2) is 52.2 Å². The summed E-state index contributed by atoms with van der Waals surface area (Å²) in [6.45, 7) is 5.00. The normalized spacial score (nSPS) is 18.6. The highest BCUT2D eigenvalue weighted by Crippen LogP contribution is 2.39. The van der Waals surface area contributed by atoms with Crippen molar-refractivity contribution in [3.8, 4) is 10.7 Å². The van der Waals surface area contributed by atoms with E-state index in [1.165, 1.54) is 16.2 Å². The standard InChI is InChI=1S/C26H30N4O3S3/c1-26(31)9-11-29(12-10-26)17-20-15-27-25(35-20)21-14-19-4-2-5-22(24(19)28-21)30(16-18-7-8-18)36(32,33)23-6-3-13-34-23/h2-6,13-15,18,28,31H,7-12,16-17H2,1H3. The Morgan fingerprint density at radius 2 is 2.03 bits per heavy atom. The van der Waals surface area contributed by atoms with Gasteiger partial charge in [0, 0.05) is 42.6 Å². The molecule has 0 atom stereocenters. The van der Waals surface area contributed by atoms with E-state index in [-0.39, 0.29) is 0 Å². The van der Waals surface area contributed by atoms with E-state index < -0.39 is 15.6 Å². The third-order valence-electron chi connectivity index (χ3n) is 7.16. The van der Waals surface area contributed by atoms with Gasteiger partial charge < -0.3 is 10.1 Å². The highest BCUT2D eigenvalue weighted by atomic mass is 32.2. The first kappa shape index (κ1) is 24.1. The molecule has 4 aromatic rings. The number of hydrogen-bond acceptors (Lipinski definition) is 7. The lowest BCUT2D eigenvalue weighted by molar-refractivity contribution is -0.00707. The molecule has 0 spiro atoms. The zero-order chi connectivity index (χ0) is 24.9. The van der Waals surface area contributed by atoms with Crippen molar-refractivity contribution < 1.29 is 13.5 Å². The van der Waals surface area contributed by atoms with Gasteiger partial charge in [0.1, 0.15) is 9.22 Å². The zero-order valence-corrected chi connectivity index (χ0v) is 22.6. The molecule has 1 saturated heterocycles. The van der Waals surface area contributed by atoms with Gasteiger partial charge in [0.2, 0.25) is 0 Å². The van der Waals surface area contributed by atoms with Crippen LogP contribution in [-0.2, 0) is 16.6 Å². The Hall–Kier alpha value is -2.24. The molecule has 1 aliphatic heterocycles. The predicted octanol–water partition coefficient (Wildman–Crippen LogP) is 5.31. The maximum Gasteiger partial charge on any atom is 0.273 e. The van der Waals surface area contributed by atoms with Crippen molar-refractivity contribution in [2.45, 2.75) is 49.0 Å². The number of piperidine rings is 1. The largest absolute Gasteiger partial charge is 0.390 e. The van der Waals surface area contributed by atoms with Crippen LogP contribution in [0.1, 0.15) is 37.5 Å². The van der Waals surface area contributed by atoms with Crippen molar-refractivity contribution in [1.29, 1.82) is 0 Å². The molecule has 0 bridgehead atoms. The number of nitrogens with zero attached hydrogens (tertiary/aromatic N) is 3. The molecule has 1 aliphatic carbocycles. The highest BCUT2D eigenvalue weighted by molar-refractivity contribution is 7.94. The number of benzene rings is 1. The van der Waals surface area contributed by atoms with Gasteiger partial charge in [-0.2, -0.15) is 0 Å². The molecule has 190 valence electrons. The SMILES string of the molecule is CC1(O)CCN(Cc2cnc(-c3cc4cccc(N(CC5CC5)S(=O)(=O)c5cccs5)c4[nH]3)s2)CC1. The predicted molar refractivity (Wildman–Crippen MR) is 146 cm³/mol. The molecule has 36 heavy (non-hydrogen) atoms. The Bertz CT molecular complexity index is 1460. The van der Waals surface area contributed by atoms with Crippen molar-refractivity contribution in [2.24, 2.45) is 5.92 Å². The van der Waals surface area contributed by atoms with E-state index in [4.69, 9.17) is 0 Å². The first-order chi connectivity index (χ1) is 17.3. The van der Waals surface area contributed by atoms with Crippen molar-refractivity contribution in [1.82, 2.24) is 14.9 Å². The average Bonchev–Trinajstić information content (AvgIpc) is 3.25. The van der Waals surface area contributed by atoms with Crippen molar-refractivity contribution in [3.05, 3.63) is 52.9 Å². The van der Waals surface area contributed by atoms with Gasteiger partial charge in [0.25, 0.3) is 10.0 Å². The molecule has 0 radical (unpaired) electrons. The summed E-state index contributed by atoms with van der Waals surface area (Å²) in [5.74, 6) is 0.407. The Labute approximate surface area is 219 Å². The number of anilines is 1. The number of aliphatic hydroxyl groups is 1. The van der Waals surface area contributed by atoms with E-state index in [9.17, 15) is 13.5 Å². The summed E-state index contributed by atoms with van der Waals surface area (Å²) in [7, 11) is -3.64. The number of thiazole rings is 1. The van der Waals surface area contributed by atoms with Crippen LogP contribution < -0.4 is 4.31 Å². The number of para-hydroxylation sites is 1. The van der Waals surface area contributed by atoms with Gasteiger partial charge in [0.05, 0.1) is 22.5 Å². The third-order valence-corrected chi connectivity index (χ3v) is 11.3. The number of likely N-dealkylation sites (tertiary alicyclic amines) is 1. The summed E-state index contributed by atoms with van der Waals surface area (Å²) in [5, 5.41) is 13.9. The molecule has 2 aliphatic rings. The smallest absolute Gasteiger partial charge is 0.273 e. The van der Waals surface area contributed by atoms with E-state index in [0.29, 0.717) is 22.4 Å². The van der Waals surface area contributed by atoms with Gasteiger partial charge in [-0.05, 0) is 62.1 Å². The number of thiophene rings is 1. The first-order valence-electron chi connectivity index (χ1n) is 12.4. The monoisotopic (exact) mass is 542 g/mol. The summed E-state index contributed by atoms with van der Waals surface area (Å²) >= 11 is 2.92. The number of aromatic nitrogens is 2. The number of sulfonamides is 1. The summed E-state index contributed by atoms with van der Waals surface area (Å²) in [5.41, 5.74) is 1.86. The third kappa shape index (κ3) is 4.84. The van der Waals surface area contributed by atoms with Gasteiger partial charge in [0.15, 0.2) is 0 Å². The van der Waals surface area contributed by atoms with Crippen molar-refractivity contribution in [2.75, 3.05) is 23.9 Å². The topological polar surface area (TPSA) is 89.5 Å². The van der Waals surface area contributed by atoms with Crippen molar-refractivity contribution in [3.63, 3.8) is 0 Å². The number of rotatable bonds is 8. The molecule has 6 rings (SSSR count). The molecular formula is C26H30N4O3S3. The van der Waals surface area contributed by atoms with Crippen LogP contribution in [0.25, 0.3) is 21.6 Å². The fourth-order valence-corrected chi connectivity index (χ4v) is 8.34. The van der Waals surface area contributed by atoms with Crippen LogP contribution in [0.3, 0.4) is 0 Å². The van der Waals surface area contributed by atoms with Gasteiger partial charge in [-0.25, -0.2) is 13.4 Å². The lowest BCUT2D eigenvalue weighted by Crippen LogP contribution is -2.41. The van der Waals surface area contributed by atoms with E-state index in [1.807, 2.05) is 36.7 Å². The van der Waals surface area contributed by atoms with Gasteiger partial charge in [-0.15, -0.1) is 22.7 Å². The van der Waals surface area contributed by atoms with Gasteiger partial charge in [-0.3, -0.25) is 9.21 Å². The molecular weight excluding hydrogens is 513 g/mol. The van der Waals surface area contributed by atoms with Crippen LogP contribution >= 0.6 is 22.7 Å². The van der Waals surface area contributed by atoms with Crippen molar-refractivity contribution >= 4 is 49.3 Å². The maximum absolute atomic E-state index is 13.6. The number of aromatic amines is 1. The number of hydrogen-bond donors (Lipinski definition) is 2. The number of H-pyrrole nitrogens is 1. The van der Waals surface area contributed by atoms with Gasteiger partial charge >= 0.3 is 0 Å². The number of fused-ring (bicyclic) bond motifs is 1. The molecule has 0 unspecified atom stereocenters. The summed E-state index contributed by atoms with van der Waals surface area (Å²) < 4.78 is 29.2. The summed E-state index contributed by atoms with van der Waals surface area (Å²) in [4.78, 5) is 11.7. The first-order valence-corrected chi connectivity index (χ1v) is 15.5. The van der Waals surface area contributed by atoms with E-state index >= 15 is 0 Å². The molecule has 2 fully saturated rings. The highest BCUT2D eigenvalue weighted by Gasteiger charge is 2.34. The molecule has 3 aromatic heterocycles. The Kier molecular flexibility index (Phi) is 6.20. The fraction of sp³-hybridized carbons (Fsp3) is 0.423. The van der Waals surface area contributed by atoms with Crippen LogP contribution in [0, 0.1) is 5.92 Å². The average molecular weight is 543 g/mol. The molecule has 10 heteroatoms. The summed E-state index contributed by atoms with van der Waals surface area (Å²) in [6.07, 6.45) is 5.64. The molecule has 0 amide bonds. The maximum atomic E-state index is 13.6. The van der Waals surface area contributed by atoms with E-state index in [2.05, 4.69) is 20.9 Å². The minimum Gasteiger partial charge on any atom is -0.390 e. The summed E-state index contributed by atoms with van der Waals surface area (Å²) in [6, 6.07) is 11.4. The molecule has 4 heterocycles. The number of nitrogens with one attached hydrogen (secondary N) is 1.